The number of hydrogen-bond acceptors (Lipinski definition) is 2. The zero-order chi connectivity index (χ0) is 12.6. The Kier molecular flexibility index (Phi) is 3.69. The molecule has 1 aromatic heterocycles. The maximum Gasteiger partial charge on any atom is 0.192 e. The Hall–Kier alpha value is -0.548. The third-order valence-electron chi connectivity index (χ3n) is 3.31. The van der Waals surface area contributed by atoms with Crippen LogP contribution in [0.3, 0.4) is 0 Å². The van der Waals surface area contributed by atoms with Gasteiger partial charge >= 0.3 is 0 Å². The first-order chi connectivity index (χ1) is 7.13. The topological polar surface area (TPSA) is 27.1 Å². The van der Waals surface area contributed by atoms with E-state index >= 15 is 0 Å². The highest BCUT2D eigenvalue weighted by Crippen LogP contribution is 2.36. The van der Waals surface area contributed by atoms with Crippen molar-refractivity contribution in [1.29, 1.82) is 0 Å². The number of rotatable bonds is 3. The predicted octanol–water partition coefficient (Wildman–Crippen LogP) is 1.74. The second-order valence-corrected chi connectivity index (χ2v) is 10.6. The van der Waals surface area contributed by atoms with Crippen molar-refractivity contribution in [2.75, 3.05) is 0 Å². The van der Waals surface area contributed by atoms with Gasteiger partial charge < -0.3 is 4.43 Å². The maximum absolute atomic E-state index is 6.06. The van der Waals surface area contributed by atoms with Gasteiger partial charge in [-0.05, 0) is 18.1 Å². The van der Waals surface area contributed by atoms with Gasteiger partial charge in [-0.2, -0.15) is 5.10 Å². The number of hydrogen-bond donors (Lipinski definition) is 0. The minimum absolute atomic E-state index is 0.219. The fourth-order valence-electron chi connectivity index (χ4n) is 1.13. The molecule has 0 spiro atoms. The Morgan fingerprint density at radius 1 is 1.44 bits per heavy atom. The van der Waals surface area contributed by atoms with Crippen LogP contribution in [0.25, 0.3) is 0 Å². The summed E-state index contributed by atoms with van der Waals surface area (Å²) in [7, 11) is 5.99. The molecule has 0 aromatic carbocycles. The summed E-state index contributed by atoms with van der Waals surface area (Å²) in [6.45, 7) is 11.6. The van der Waals surface area contributed by atoms with Crippen LogP contribution in [-0.2, 0) is 18.1 Å². The van der Waals surface area contributed by atoms with E-state index in [0.717, 1.165) is 5.69 Å². The molecule has 1 aromatic rings. The second-order valence-electron chi connectivity index (χ2n) is 5.75. The molecule has 3 nitrogen and oxygen atoms in total. The zero-order valence-corrected chi connectivity index (χ0v) is 12.2. The number of nitrogens with zero attached hydrogens (tertiary/aromatic N) is 2. The molecule has 0 aliphatic carbocycles. The molecule has 0 amide bonds. The molecule has 0 saturated carbocycles. The fourth-order valence-corrected chi connectivity index (χ4v) is 2.06. The van der Waals surface area contributed by atoms with E-state index in [0.29, 0.717) is 12.1 Å². The van der Waals surface area contributed by atoms with E-state index in [-0.39, 0.29) is 5.04 Å². The van der Waals surface area contributed by atoms with Crippen LogP contribution in [0, 0.1) is 0 Å². The number of aryl methyl sites for hydroxylation is 1. The van der Waals surface area contributed by atoms with E-state index in [4.69, 9.17) is 12.3 Å². The summed E-state index contributed by atoms with van der Waals surface area (Å²) in [4.78, 5) is 0. The summed E-state index contributed by atoms with van der Waals surface area (Å²) in [6.07, 6.45) is 1.81. The van der Waals surface area contributed by atoms with E-state index in [1.165, 1.54) is 0 Å². The SMILES string of the molecule is [B]c1cn(C)nc1CO[Si](C)(C)C(C)(C)C. The molecule has 0 unspecified atom stereocenters. The van der Waals surface area contributed by atoms with Gasteiger partial charge in [-0.15, -0.1) is 0 Å². The number of aromatic nitrogens is 2. The lowest BCUT2D eigenvalue weighted by atomic mass is 9.98. The van der Waals surface area contributed by atoms with E-state index in [1.54, 1.807) is 4.68 Å². The minimum atomic E-state index is -1.71. The monoisotopic (exact) mass is 236 g/mol. The smallest absolute Gasteiger partial charge is 0.192 e. The van der Waals surface area contributed by atoms with E-state index in [1.807, 2.05) is 13.2 Å². The summed E-state index contributed by atoms with van der Waals surface area (Å²) >= 11 is 0. The predicted molar refractivity (Wildman–Crippen MR) is 70.6 cm³/mol. The summed E-state index contributed by atoms with van der Waals surface area (Å²) in [5.74, 6) is 0. The van der Waals surface area contributed by atoms with Crippen molar-refractivity contribution < 1.29 is 4.43 Å². The van der Waals surface area contributed by atoms with Crippen LogP contribution in [0.1, 0.15) is 26.5 Å². The van der Waals surface area contributed by atoms with Crippen molar-refractivity contribution in [3.63, 3.8) is 0 Å². The molecule has 5 heteroatoms. The van der Waals surface area contributed by atoms with Crippen LogP contribution in [0.5, 0.6) is 0 Å². The van der Waals surface area contributed by atoms with Gasteiger partial charge in [0, 0.05) is 13.2 Å². The third kappa shape index (κ3) is 2.98. The molecule has 0 aliphatic rings. The van der Waals surface area contributed by atoms with Crippen molar-refractivity contribution in [3.05, 3.63) is 11.9 Å². The second kappa shape index (κ2) is 4.37. The molecular weight excluding hydrogens is 215 g/mol. The first kappa shape index (κ1) is 13.5. The van der Waals surface area contributed by atoms with Gasteiger partial charge in [0.1, 0.15) is 7.85 Å². The summed E-state index contributed by atoms with van der Waals surface area (Å²) in [5.41, 5.74) is 1.55. The van der Waals surface area contributed by atoms with E-state index in [9.17, 15) is 0 Å². The van der Waals surface area contributed by atoms with Gasteiger partial charge in [0.15, 0.2) is 8.32 Å². The molecule has 0 fully saturated rings. The van der Waals surface area contributed by atoms with Gasteiger partial charge in [0.2, 0.25) is 0 Å². The van der Waals surface area contributed by atoms with Crippen LogP contribution in [-0.4, -0.2) is 25.9 Å². The molecule has 88 valence electrons. The quantitative estimate of drug-likeness (QED) is 0.747. The van der Waals surface area contributed by atoms with Gasteiger partial charge in [0.25, 0.3) is 0 Å². The average Bonchev–Trinajstić information content (AvgIpc) is 2.39. The molecule has 1 rings (SSSR count). The molecule has 0 N–H and O–H groups in total. The molecule has 0 aliphatic heterocycles. The largest absolute Gasteiger partial charge is 0.411 e. The standard InChI is InChI=1S/C11H21BN2OSi/c1-11(2,3)16(5,6)15-8-10-9(12)7-14(4)13-10/h7H,8H2,1-6H3. The normalized spacial score (nSPS) is 13.1. The molecule has 1 heterocycles. The lowest BCUT2D eigenvalue weighted by Crippen LogP contribution is -2.40. The Balaban J connectivity index is 2.68. The van der Waals surface area contributed by atoms with Gasteiger partial charge in [0.05, 0.1) is 12.3 Å². The highest BCUT2D eigenvalue weighted by Gasteiger charge is 2.37. The highest BCUT2D eigenvalue weighted by molar-refractivity contribution is 6.74. The van der Waals surface area contributed by atoms with Crippen molar-refractivity contribution >= 4 is 21.6 Å². The summed E-state index contributed by atoms with van der Waals surface area (Å²) in [6, 6.07) is 0. The molecule has 2 radical (unpaired) electrons. The van der Waals surface area contributed by atoms with Crippen LogP contribution in [0.15, 0.2) is 6.20 Å². The van der Waals surface area contributed by atoms with Crippen LogP contribution < -0.4 is 5.46 Å². The molecular formula is C11H21BN2OSi. The maximum atomic E-state index is 6.06. The van der Waals surface area contributed by atoms with Gasteiger partial charge in [-0.25, -0.2) is 0 Å². The van der Waals surface area contributed by atoms with Gasteiger partial charge in [-0.3, -0.25) is 4.68 Å². The molecule has 0 saturated heterocycles. The third-order valence-corrected chi connectivity index (χ3v) is 7.79. The van der Waals surface area contributed by atoms with Crippen LogP contribution >= 0.6 is 0 Å². The average molecular weight is 236 g/mol. The van der Waals surface area contributed by atoms with E-state index in [2.05, 4.69) is 39.0 Å². The lowest BCUT2D eigenvalue weighted by molar-refractivity contribution is 0.272. The zero-order valence-electron chi connectivity index (χ0n) is 11.2. The van der Waals surface area contributed by atoms with Crippen molar-refractivity contribution in [2.45, 2.75) is 45.5 Å². The fraction of sp³-hybridized carbons (Fsp3) is 0.727. The molecule has 16 heavy (non-hydrogen) atoms. The summed E-state index contributed by atoms with van der Waals surface area (Å²) < 4.78 is 7.78. The Bertz CT molecular complexity index is 369. The van der Waals surface area contributed by atoms with Crippen molar-refractivity contribution in [2.24, 2.45) is 7.05 Å². The molecule has 0 bridgehead atoms. The van der Waals surface area contributed by atoms with Crippen LogP contribution in [0.4, 0.5) is 0 Å². The molecule has 0 atom stereocenters. The Labute approximate surface area is 101 Å². The first-order valence-corrected chi connectivity index (χ1v) is 8.46. The lowest BCUT2D eigenvalue weighted by Gasteiger charge is -2.36. The summed E-state index contributed by atoms with van der Waals surface area (Å²) in [5, 5.41) is 4.50. The van der Waals surface area contributed by atoms with Crippen LogP contribution in [0.2, 0.25) is 18.1 Å². The van der Waals surface area contributed by atoms with E-state index < -0.39 is 8.32 Å². The Morgan fingerprint density at radius 2 is 2.00 bits per heavy atom. The van der Waals surface area contributed by atoms with Gasteiger partial charge in [-0.1, -0.05) is 26.2 Å². The first-order valence-electron chi connectivity index (χ1n) is 5.55. The van der Waals surface area contributed by atoms with Crippen molar-refractivity contribution in [1.82, 2.24) is 9.78 Å². The highest BCUT2D eigenvalue weighted by atomic mass is 28.4. The van der Waals surface area contributed by atoms with Crippen molar-refractivity contribution in [3.8, 4) is 0 Å². The minimum Gasteiger partial charge on any atom is -0.411 e. The Morgan fingerprint density at radius 3 is 2.38 bits per heavy atom.